The number of fused-ring (bicyclic) bond motifs is 1. The van der Waals surface area contributed by atoms with Crippen LogP contribution >= 0.6 is 11.6 Å². The van der Waals surface area contributed by atoms with Crippen LogP contribution in [0.5, 0.6) is 0 Å². The number of hydrogen-bond acceptors (Lipinski definition) is 0. The molecule has 0 spiro atoms. The zero-order valence-corrected chi connectivity index (χ0v) is 9.46. The van der Waals surface area contributed by atoms with Crippen LogP contribution in [0.2, 0.25) is 5.02 Å². The molecule has 0 radical (unpaired) electrons. The molecule has 0 heterocycles. The predicted octanol–water partition coefficient (Wildman–Crippen LogP) is 4.78. The third kappa shape index (κ3) is 2.05. The first-order valence-corrected chi connectivity index (χ1v) is 5.40. The van der Waals surface area contributed by atoms with Crippen LogP contribution in [0, 0.1) is 0 Å². The van der Waals surface area contributed by atoms with Gasteiger partial charge in [0.15, 0.2) is 0 Å². The van der Waals surface area contributed by atoms with E-state index >= 15 is 0 Å². The lowest BCUT2D eigenvalue weighted by molar-refractivity contribution is 0.974. The Hall–Kier alpha value is -1.27. The first kappa shape index (κ1) is 10.3. The fourth-order valence-electron chi connectivity index (χ4n) is 1.65. The molecule has 0 aliphatic carbocycles. The number of rotatable bonds is 2. The zero-order valence-electron chi connectivity index (χ0n) is 8.70. The van der Waals surface area contributed by atoms with Gasteiger partial charge in [0.2, 0.25) is 0 Å². The fraction of sp³-hybridized carbons (Fsp3) is 0.143. The molecule has 0 bridgehead atoms. The summed E-state index contributed by atoms with van der Waals surface area (Å²) in [5.74, 6) is 0.394. The van der Waals surface area contributed by atoms with Gasteiger partial charge in [-0.3, -0.25) is 0 Å². The van der Waals surface area contributed by atoms with Gasteiger partial charge in [0.1, 0.15) is 0 Å². The van der Waals surface area contributed by atoms with Crippen LogP contribution < -0.4 is 0 Å². The van der Waals surface area contributed by atoms with Gasteiger partial charge in [0, 0.05) is 5.02 Å². The van der Waals surface area contributed by atoms with E-state index in [0.717, 1.165) is 5.02 Å². The molecule has 0 aliphatic rings. The standard InChI is InChI=1S/C14H13Cl/c1-3-10(2)11-4-5-13-9-14(15)7-6-12(13)8-11/h3-10H,1H2,2H3/t10-/m0/s1. The zero-order chi connectivity index (χ0) is 10.8. The molecule has 15 heavy (non-hydrogen) atoms. The minimum atomic E-state index is 0.394. The largest absolute Gasteiger partial charge is 0.102 e. The Labute approximate surface area is 95.2 Å². The van der Waals surface area contributed by atoms with Crippen molar-refractivity contribution in [2.45, 2.75) is 12.8 Å². The maximum Gasteiger partial charge on any atom is 0.0412 e. The second-order valence-corrected chi connectivity index (χ2v) is 4.21. The molecule has 0 unspecified atom stereocenters. The third-order valence-corrected chi connectivity index (χ3v) is 2.94. The van der Waals surface area contributed by atoms with Crippen molar-refractivity contribution in [1.82, 2.24) is 0 Å². The fourth-order valence-corrected chi connectivity index (χ4v) is 1.83. The van der Waals surface area contributed by atoms with Gasteiger partial charge in [0.05, 0.1) is 0 Å². The van der Waals surface area contributed by atoms with E-state index in [1.165, 1.54) is 16.3 Å². The van der Waals surface area contributed by atoms with E-state index < -0.39 is 0 Å². The normalized spacial score (nSPS) is 12.7. The quantitative estimate of drug-likeness (QED) is 0.634. The van der Waals surface area contributed by atoms with Crippen molar-refractivity contribution < 1.29 is 0 Å². The smallest absolute Gasteiger partial charge is 0.0412 e. The van der Waals surface area contributed by atoms with Gasteiger partial charge in [-0.05, 0) is 34.4 Å². The first-order chi connectivity index (χ1) is 7.20. The summed E-state index contributed by atoms with van der Waals surface area (Å²) < 4.78 is 0. The molecule has 0 aromatic heterocycles. The van der Waals surface area contributed by atoms with Crippen LogP contribution in [0.15, 0.2) is 49.1 Å². The molecule has 0 fully saturated rings. The van der Waals surface area contributed by atoms with Crippen LogP contribution in [0.3, 0.4) is 0 Å². The average molecular weight is 217 g/mol. The summed E-state index contributed by atoms with van der Waals surface area (Å²) in [6.45, 7) is 5.95. The molecule has 76 valence electrons. The van der Waals surface area contributed by atoms with Crippen molar-refractivity contribution in [2.24, 2.45) is 0 Å². The van der Waals surface area contributed by atoms with Gasteiger partial charge >= 0.3 is 0 Å². The summed E-state index contributed by atoms with van der Waals surface area (Å²) >= 11 is 5.93. The van der Waals surface area contributed by atoms with Gasteiger partial charge in [-0.15, -0.1) is 6.58 Å². The molecular weight excluding hydrogens is 204 g/mol. The maximum absolute atomic E-state index is 5.93. The van der Waals surface area contributed by atoms with E-state index in [4.69, 9.17) is 11.6 Å². The van der Waals surface area contributed by atoms with Crippen molar-refractivity contribution >= 4 is 22.4 Å². The molecule has 0 aliphatic heterocycles. The molecule has 0 saturated carbocycles. The molecule has 1 atom stereocenters. The van der Waals surface area contributed by atoms with Crippen LogP contribution in [0.4, 0.5) is 0 Å². The highest BCUT2D eigenvalue weighted by molar-refractivity contribution is 6.31. The molecule has 2 aromatic carbocycles. The number of halogens is 1. The lowest BCUT2D eigenvalue weighted by Gasteiger charge is -2.07. The van der Waals surface area contributed by atoms with E-state index in [0.29, 0.717) is 5.92 Å². The van der Waals surface area contributed by atoms with Crippen molar-refractivity contribution in [1.29, 1.82) is 0 Å². The van der Waals surface area contributed by atoms with Gasteiger partial charge in [-0.2, -0.15) is 0 Å². The highest BCUT2D eigenvalue weighted by Gasteiger charge is 2.02. The van der Waals surface area contributed by atoms with Gasteiger partial charge in [0.25, 0.3) is 0 Å². The van der Waals surface area contributed by atoms with Gasteiger partial charge < -0.3 is 0 Å². The van der Waals surface area contributed by atoms with E-state index in [1.54, 1.807) is 0 Å². The Kier molecular flexibility index (Phi) is 2.79. The first-order valence-electron chi connectivity index (χ1n) is 5.02. The summed E-state index contributed by atoms with van der Waals surface area (Å²) in [5.41, 5.74) is 1.29. The van der Waals surface area contributed by atoms with Gasteiger partial charge in [-0.1, -0.05) is 48.9 Å². The lowest BCUT2D eigenvalue weighted by atomic mass is 9.98. The Bertz CT molecular complexity index is 500. The van der Waals surface area contributed by atoms with E-state index in [1.807, 2.05) is 18.2 Å². The molecule has 0 N–H and O–H groups in total. The number of benzene rings is 2. The SMILES string of the molecule is C=C[C@H](C)c1ccc2cc(Cl)ccc2c1. The summed E-state index contributed by atoms with van der Waals surface area (Å²) in [5, 5.41) is 3.19. The van der Waals surface area contributed by atoms with Crippen LogP contribution in [-0.4, -0.2) is 0 Å². The molecule has 0 nitrogen and oxygen atoms in total. The summed E-state index contributed by atoms with van der Waals surface area (Å²) in [4.78, 5) is 0. The number of hydrogen-bond donors (Lipinski definition) is 0. The van der Waals surface area contributed by atoms with Crippen LogP contribution in [-0.2, 0) is 0 Å². The molecule has 1 heteroatoms. The summed E-state index contributed by atoms with van der Waals surface area (Å²) in [7, 11) is 0. The summed E-state index contributed by atoms with van der Waals surface area (Å²) in [6, 6.07) is 12.4. The lowest BCUT2D eigenvalue weighted by Crippen LogP contribution is -1.87. The molecule has 0 amide bonds. The monoisotopic (exact) mass is 216 g/mol. The average Bonchev–Trinajstić information content (AvgIpc) is 2.27. The van der Waals surface area contributed by atoms with Gasteiger partial charge in [-0.25, -0.2) is 0 Å². The van der Waals surface area contributed by atoms with E-state index in [2.05, 4.69) is 37.8 Å². The Balaban J connectivity index is 2.56. The summed E-state index contributed by atoms with van der Waals surface area (Å²) in [6.07, 6.45) is 1.96. The molecule has 2 rings (SSSR count). The Morgan fingerprint density at radius 2 is 1.80 bits per heavy atom. The van der Waals surface area contributed by atoms with E-state index in [9.17, 15) is 0 Å². The number of allylic oxidation sites excluding steroid dienone is 1. The molecule has 2 aromatic rings. The highest BCUT2D eigenvalue weighted by atomic mass is 35.5. The third-order valence-electron chi connectivity index (χ3n) is 2.71. The second-order valence-electron chi connectivity index (χ2n) is 3.78. The Morgan fingerprint density at radius 3 is 2.53 bits per heavy atom. The minimum absolute atomic E-state index is 0.394. The van der Waals surface area contributed by atoms with Crippen LogP contribution in [0.25, 0.3) is 10.8 Å². The van der Waals surface area contributed by atoms with E-state index in [-0.39, 0.29) is 0 Å². The second kappa shape index (κ2) is 4.08. The predicted molar refractivity (Wildman–Crippen MR) is 67.6 cm³/mol. The molecular formula is C14H13Cl. The van der Waals surface area contributed by atoms with Crippen LogP contribution in [0.1, 0.15) is 18.4 Å². The van der Waals surface area contributed by atoms with Crippen molar-refractivity contribution in [3.05, 3.63) is 59.6 Å². The highest BCUT2D eigenvalue weighted by Crippen LogP contribution is 2.24. The topological polar surface area (TPSA) is 0 Å². The Morgan fingerprint density at radius 1 is 1.13 bits per heavy atom. The maximum atomic E-state index is 5.93. The minimum Gasteiger partial charge on any atom is -0.102 e. The molecule has 0 saturated heterocycles. The van der Waals surface area contributed by atoms with Crippen molar-refractivity contribution in [3.8, 4) is 0 Å². The van der Waals surface area contributed by atoms with Crippen molar-refractivity contribution in [3.63, 3.8) is 0 Å². The van der Waals surface area contributed by atoms with Crippen molar-refractivity contribution in [2.75, 3.05) is 0 Å².